The Morgan fingerprint density at radius 2 is 1.48 bits per heavy atom. The summed E-state index contributed by atoms with van der Waals surface area (Å²) in [6.07, 6.45) is -1.48. The molecule has 6 nitrogen and oxygen atoms in total. The first kappa shape index (κ1) is 25.1. The predicted octanol–water partition coefficient (Wildman–Crippen LogP) is 4.04. The fraction of sp³-hybridized carbons (Fsp3) is 0.609. The highest BCUT2D eigenvalue weighted by Crippen LogP contribution is 2.23. The SMILES string of the molecule is CCOC(OCC)C(C#CC(OC(=O)c1ccccc1)C(C)C)(OCC)OCC. The maximum Gasteiger partial charge on any atom is 0.339 e. The molecule has 0 aromatic heterocycles. The van der Waals surface area contributed by atoms with Crippen LogP contribution < -0.4 is 0 Å². The van der Waals surface area contributed by atoms with E-state index in [1.54, 1.807) is 24.3 Å². The zero-order valence-corrected chi connectivity index (χ0v) is 18.4. The van der Waals surface area contributed by atoms with E-state index in [1.165, 1.54) is 0 Å². The Morgan fingerprint density at radius 3 is 1.93 bits per heavy atom. The molecular formula is C23H34O6. The molecule has 0 amide bonds. The van der Waals surface area contributed by atoms with Crippen LogP contribution in [0.2, 0.25) is 0 Å². The van der Waals surface area contributed by atoms with Gasteiger partial charge in [0.25, 0.3) is 5.79 Å². The second-order valence-corrected chi connectivity index (χ2v) is 6.48. The lowest BCUT2D eigenvalue weighted by Crippen LogP contribution is -2.49. The Bertz CT molecular complexity index is 634. The molecule has 0 N–H and O–H groups in total. The highest BCUT2D eigenvalue weighted by atomic mass is 16.8. The van der Waals surface area contributed by atoms with Crippen LogP contribution in [0.25, 0.3) is 0 Å². The number of ether oxygens (including phenoxy) is 5. The summed E-state index contributed by atoms with van der Waals surface area (Å²) >= 11 is 0. The van der Waals surface area contributed by atoms with Crippen molar-refractivity contribution in [1.82, 2.24) is 0 Å². The van der Waals surface area contributed by atoms with E-state index in [0.29, 0.717) is 32.0 Å². The van der Waals surface area contributed by atoms with E-state index in [-0.39, 0.29) is 5.92 Å². The van der Waals surface area contributed by atoms with Crippen LogP contribution in [0.1, 0.15) is 51.9 Å². The monoisotopic (exact) mass is 406 g/mol. The molecular weight excluding hydrogens is 372 g/mol. The smallest absolute Gasteiger partial charge is 0.339 e. The van der Waals surface area contributed by atoms with Crippen LogP contribution in [-0.2, 0) is 23.7 Å². The van der Waals surface area contributed by atoms with E-state index in [1.807, 2.05) is 47.6 Å². The van der Waals surface area contributed by atoms with Gasteiger partial charge in [0.2, 0.25) is 6.29 Å². The molecule has 0 heterocycles. The molecule has 0 radical (unpaired) electrons. The van der Waals surface area contributed by atoms with Crippen molar-refractivity contribution in [1.29, 1.82) is 0 Å². The number of carbonyl (C=O) groups excluding carboxylic acids is 1. The van der Waals surface area contributed by atoms with E-state index in [0.717, 1.165) is 0 Å². The van der Waals surface area contributed by atoms with Gasteiger partial charge in [0.1, 0.15) is 0 Å². The van der Waals surface area contributed by atoms with Gasteiger partial charge in [-0.3, -0.25) is 0 Å². The molecule has 0 saturated heterocycles. The lowest BCUT2D eigenvalue weighted by molar-refractivity contribution is -0.321. The lowest BCUT2D eigenvalue weighted by Gasteiger charge is -2.34. The largest absolute Gasteiger partial charge is 0.445 e. The zero-order valence-electron chi connectivity index (χ0n) is 18.4. The number of hydrogen-bond donors (Lipinski definition) is 0. The quantitative estimate of drug-likeness (QED) is 0.297. The number of carbonyl (C=O) groups is 1. The molecule has 1 atom stereocenters. The third-order valence-electron chi connectivity index (χ3n) is 3.90. The van der Waals surface area contributed by atoms with Gasteiger partial charge in [-0.05, 0) is 45.7 Å². The number of rotatable bonds is 12. The molecule has 0 saturated carbocycles. The van der Waals surface area contributed by atoms with Gasteiger partial charge in [-0.2, -0.15) is 0 Å². The second-order valence-electron chi connectivity index (χ2n) is 6.48. The average Bonchev–Trinajstić information content (AvgIpc) is 2.71. The fourth-order valence-corrected chi connectivity index (χ4v) is 2.57. The first-order valence-corrected chi connectivity index (χ1v) is 10.2. The topological polar surface area (TPSA) is 63.2 Å². The Morgan fingerprint density at radius 1 is 0.931 bits per heavy atom. The van der Waals surface area contributed by atoms with E-state index < -0.39 is 24.2 Å². The zero-order chi connectivity index (χ0) is 21.7. The van der Waals surface area contributed by atoms with E-state index in [2.05, 4.69) is 11.8 Å². The molecule has 0 aliphatic heterocycles. The molecule has 1 aromatic rings. The predicted molar refractivity (Wildman–Crippen MR) is 111 cm³/mol. The third-order valence-corrected chi connectivity index (χ3v) is 3.90. The molecule has 0 fully saturated rings. The minimum absolute atomic E-state index is 0.0336. The van der Waals surface area contributed by atoms with Gasteiger partial charge in [-0.15, -0.1) is 0 Å². The molecule has 0 spiro atoms. The van der Waals surface area contributed by atoms with Crippen molar-refractivity contribution in [2.45, 2.75) is 59.7 Å². The maximum absolute atomic E-state index is 12.5. The van der Waals surface area contributed by atoms with E-state index in [9.17, 15) is 4.79 Å². The lowest BCUT2D eigenvalue weighted by atomic mass is 10.1. The highest BCUT2D eigenvalue weighted by Gasteiger charge is 2.42. The summed E-state index contributed by atoms with van der Waals surface area (Å²) in [5.41, 5.74) is 0.474. The molecule has 29 heavy (non-hydrogen) atoms. The van der Waals surface area contributed by atoms with Crippen LogP contribution in [0, 0.1) is 17.8 Å². The average molecular weight is 407 g/mol. The van der Waals surface area contributed by atoms with Crippen molar-refractivity contribution in [2.24, 2.45) is 5.92 Å². The van der Waals surface area contributed by atoms with Gasteiger partial charge in [-0.1, -0.05) is 38.0 Å². The summed E-state index contributed by atoms with van der Waals surface area (Å²) in [5.74, 6) is 4.17. The molecule has 1 unspecified atom stereocenters. The van der Waals surface area contributed by atoms with Crippen LogP contribution in [0.5, 0.6) is 0 Å². The van der Waals surface area contributed by atoms with E-state index >= 15 is 0 Å². The van der Waals surface area contributed by atoms with Gasteiger partial charge < -0.3 is 23.7 Å². The molecule has 0 aliphatic rings. The van der Waals surface area contributed by atoms with Gasteiger partial charge in [0.15, 0.2) is 6.10 Å². The molecule has 0 bridgehead atoms. The Hall–Kier alpha value is -1.91. The van der Waals surface area contributed by atoms with Gasteiger partial charge >= 0.3 is 5.97 Å². The van der Waals surface area contributed by atoms with Crippen molar-refractivity contribution >= 4 is 5.97 Å². The summed E-state index contributed by atoms with van der Waals surface area (Å²) in [4.78, 5) is 12.5. The Balaban J connectivity index is 3.20. The molecule has 1 rings (SSSR count). The highest BCUT2D eigenvalue weighted by molar-refractivity contribution is 5.89. The summed E-state index contributed by atoms with van der Waals surface area (Å²) in [7, 11) is 0. The number of esters is 1. The van der Waals surface area contributed by atoms with Crippen molar-refractivity contribution in [3.05, 3.63) is 35.9 Å². The molecule has 162 valence electrons. The normalized spacial score (nSPS) is 12.6. The van der Waals surface area contributed by atoms with E-state index in [4.69, 9.17) is 23.7 Å². The maximum atomic E-state index is 12.5. The van der Waals surface area contributed by atoms with Crippen LogP contribution in [0.4, 0.5) is 0 Å². The molecule has 0 aliphatic carbocycles. The van der Waals surface area contributed by atoms with Crippen molar-refractivity contribution in [3.63, 3.8) is 0 Å². The fourth-order valence-electron chi connectivity index (χ4n) is 2.57. The Kier molecular flexibility index (Phi) is 11.6. The van der Waals surface area contributed by atoms with Gasteiger partial charge in [-0.25, -0.2) is 4.79 Å². The Labute approximate surface area is 174 Å². The standard InChI is InChI=1S/C23H34O6/c1-7-25-22(26-8-2)23(27-9-3,28-10-4)17-16-20(18(5)6)29-21(24)19-14-12-11-13-15-19/h11-15,18,20,22H,7-10H2,1-6H3. The first-order valence-electron chi connectivity index (χ1n) is 10.2. The van der Waals surface area contributed by atoms with Crippen LogP contribution in [0.3, 0.4) is 0 Å². The first-order chi connectivity index (χ1) is 13.9. The van der Waals surface area contributed by atoms with Crippen molar-refractivity contribution < 1.29 is 28.5 Å². The molecule has 6 heteroatoms. The van der Waals surface area contributed by atoms with Gasteiger partial charge in [0.05, 0.1) is 5.56 Å². The van der Waals surface area contributed by atoms with Crippen LogP contribution >= 0.6 is 0 Å². The van der Waals surface area contributed by atoms with Crippen molar-refractivity contribution in [3.8, 4) is 11.8 Å². The van der Waals surface area contributed by atoms with Crippen molar-refractivity contribution in [2.75, 3.05) is 26.4 Å². The summed E-state index contributed by atoms with van der Waals surface area (Å²) in [6.45, 7) is 12.8. The minimum atomic E-state index is -1.41. The summed E-state index contributed by atoms with van der Waals surface area (Å²) in [5, 5.41) is 0. The van der Waals surface area contributed by atoms with Crippen LogP contribution in [-0.4, -0.2) is 50.6 Å². The second kappa shape index (κ2) is 13.3. The summed E-state index contributed by atoms with van der Waals surface area (Å²) in [6, 6.07) is 8.83. The number of hydrogen-bond acceptors (Lipinski definition) is 6. The summed E-state index contributed by atoms with van der Waals surface area (Å²) < 4.78 is 28.8. The van der Waals surface area contributed by atoms with Gasteiger partial charge in [0, 0.05) is 32.3 Å². The number of benzene rings is 1. The molecule has 1 aromatic carbocycles. The minimum Gasteiger partial charge on any atom is -0.445 e. The van der Waals surface area contributed by atoms with Crippen LogP contribution in [0.15, 0.2) is 30.3 Å². The third kappa shape index (κ3) is 7.79.